The molecule has 3 nitrogen and oxygen atoms in total. The Bertz CT molecular complexity index is 372. The number of nitrogens with one attached hydrogen (secondary N) is 1. The van der Waals surface area contributed by atoms with E-state index in [0.717, 1.165) is 32.5 Å². The molecule has 20 heavy (non-hydrogen) atoms. The number of rotatable bonds is 9. The van der Waals surface area contributed by atoms with Crippen LogP contribution in [0.1, 0.15) is 35.6 Å². The van der Waals surface area contributed by atoms with Gasteiger partial charge in [-0.05, 0) is 52.9 Å². The minimum atomic E-state index is 0.429. The van der Waals surface area contributed by atoms with Gasteiger partial charge in [-0.3, -0.25) is 0 Å². The van der Waals surface area contributed by atoms with E-state index in [1.807, 2.05) is 7.05 Å². The van der Waals surface area contributed by atoms with E-state index in [2.05, 4.69) is 49.3 Å². The first kappa shape index (κ1) is 17.2. The molecule has 0 bridgehead atoms. The quantitative estimate of drug-likeness (QED) is 0.703. The molecular weight excluding hydrogens is 248 g/mol. The highest BCUT2D eigenvalue weighted by molar-refractivity contribution is 5.30. The first-order chi connectivity index (χ1) is 9.56. The van der Waals surface area contributed by atoms with Crippen molar-refractivity contribution in [2.75, 3.05) is 40.9 Å². The molecule has 1 aromatic carbocycles. The standard InChI is InChI=1S/C17H30N2O/c1-14-11-15(2)13-16(12-14)17(18-3)7-9-19(4)8-6-10-20-5/h11-13,17-18H,6-10H2,1-5H3. The fourth-order valence-corrected chi connectivity index (χ4v) is 2.63. The number of aryl methyl sites for hydroxylation is 2. The SMILES string of the molecule is CNC(CCN(C)CCCOC)c1cc(C)cc(C)c1. The molecule has 0 saturated carbocycles. The predicted octanol–water partition coefficient (Wildman–Crippen LogP) is 2.92. The van der Waals surface area contributed by atoms with E-state index in [-0.39, 0.29) is 0 Å². The van der Waals surface area contributed by atoms with Crippen LogP contribution in [0, 0.1) is 13.8 Å². The van der Waals surface area contributed by atoms with Crippen LogP contribution < -0.4 is 5.32 Å². The molecule has 1 unspecified atom stereocenters. The maximum atomic E-state index is 5.10. The number of ether oxygens (including phenoxy) is 1. The van der Waals surface area contributed by atoms with Crippen molar-refractivity contribution in [1.82, 2.24) is 10.2 Å². The Morgan fingerprint density at radius 2 is 1.80 bits per heavy atom. The van der Waals surface area contributed by atoms with E-state index in [0.29, 0.717) is 6.04 Å². The van der Waals surface area contributed by atoms with E-state index in [4.69, 9.17) is 4.74 Å². The minimum absolute atomic E-state index is 0.429. The lowest BCUT2D eigenvalue weighted by Gasteiger charge is -2.22. The fraction of sp³-hybridized carbons (Fsp3) is 0.647. The molecule has 1 rings (SSSR count). The van der Waals surface area contributed by atoms with Gasteiger partial charge in [-0.15, -0.1) is 0 Å². The molecule has 1 atom stereocenters. The van der Waals surface area contributed by atoms with Gasteiger partial charge in [0.1, 0.15) is 0 Å². The molecule has 0 amide bonds. The zero-order chi connectivity index (χ0) is 15.0. The first-order valence-corrected chi connectivity index (χ1v) is 7.49. The molecule has 0 aliphatic carbocycles. The third kappa shape index (κ3) is 6.04. The molecule has 0 aromatic heterocycles. The van der Waals surface area contributed by atoms with Crippen molar-refractivity contribution in [3.8, 4) is 0 Å². The van der Waals surface area contributed by atoms with Crippen LogP contribution in [-0.2, 0) is 4.74 Å². The van der Waals surface area contributed by atoms with E-state index < -0.39 is 0 Å². The third-order valence-corrected chi connectivity index (χ3v) is 3.68. The molecule has 0 radical (unpaired) electrons. The second-order valence-corrected chi connectivity index (χ2v) is 5.70. The van der Waals surface area contributed by atoms with Crippen LogP contribution in [-0.4, -0.2) is 45.8 Å². The maximum Gasteiger partial charge on any atom is 0.0474 e. The monoisotopic (exact) mass is 278 g/mol. The number of nitrogens with zero attached hydrogens (tertiary/aromatic N) is 1. The van der Waals surface area contributed by atoms with Gasteiger partial charge < -0.3 is 15.0 Å². The van der Waals surface area contributed by atoms with Crippen molar-refractivity contribution >= 4 is 0 Å². The van der Waals surface area contributed by atoms with Gasteiger partial charge in [0.05, 0.1) is 0 Å². The molecule has 1 N–H and O–H groups in total. The summed E-state index contributed by atoms with van der Waals surface area (Å²) in [5.74, 6) is 0. The van der Waals surface area contributed by atoms with Gasteiger partial charge in [0, 0.05) is 26.3 Å². The zero-order valence-corrected chi connectivity index (χ0v) is 13.7. The Morgan fingerprint density at radius 3 is 2.35 bits per heavy atom. The lowest BCUT2D eigenvalue weighted by atomic mass is 9.99. The molecule has 114 valence electrons. The second kappa shape index (κ2) is 9.11. The average Bonchev–Trinajstić information content (AvgIpc) is 2.38. The number of methoxy groups -OCH3 is 1. The lowest BCUT2D eigenvalue weighted by Crippen LogP contribution is -2.26. The summed E-state index contributed by atoms with van der Waals surface area (Å²) >= 11 is 0. The van der Waals surface area contributed by atoms with Crippen molar-refractivity contribution < 1.29 is 4.74 Å². The van der Waals surface area contributed by atoms with E-state index in [1.54, 1.807) is 7.11 Å². The highest BCUT2D eigenvalue weighted by atomic mass is 16.5. The van der Waals surface area contributed by atoms with Crippen LogP contribution in [0.2, 0.25) is 0 Å². The average molecular weight is 278 g/mol. The molecule has 0 saturated heterocycles. The zero-order valence-electron chi connectivity index (χ0n) is 13.7. The second-order valence-electron chi connectivity index (χ2n) is 5.70. The molecule has 0 spiro atoms. The molecule has 0 heterocycles. The molecule has 1 aromatic rings. The molecular formula is C17H30N2O. The van der Waals surface area contributed by atoms with Gasteiger partial charge in [0.2, 0.25) is 0 Å². The number of benzene rings is 1. The predicted molar refractivity (Wildman–Crippen MR) is 86.3 cm³/mol. The normalized spacial score (nSPS) is 12.9. The summed E-state index contributed by atoms with van der Waals surface area (Å²) in [6, 6.07) is 7.24. The largest absolute Gasteiger partial charge is 0.385 e. The van der Waals surface area contributed by atoms with Gasteiger partial charge in [0.25, 0.3) is 0 Å². The topological polar surface area (TPSA) is 24.5 Å². The van der Waals surface area contributed by atoms with Gasteiger partial charge >= 0.3 is 0 Å². The highest BCUT2D eigenvalue weighted by Crippen LogP contribution is 2.19. The Kier molecular flexibility index (Phi) is 7.82. The van der Waals surface area contributed by atoms with Gasteiger partial charge in [-0.2, -0.15) is 0 Å². The van der Waals surface area contributed by atoms with Crippen LogP contribution in [0.5, 0.6) is 0 Å². The summed E-state index contributed by atoms with van der Waals surface area (Å²) in [7, 11) is 5.99. The van der Waals surface area contributed by atoms with Gasteiger partial charge in [-0.25, -0.2) is 0 Å². The Hall–Kier alpha value is -0.900. The fourth-order valence-electron chi connectivity index (χ4n) is 2.63. The molecule has 3 heteroatoms. The first-order valence-electron chi connectivity index (χ1n) is 7.49. The number of hydrogen-bond acceptors (Lipinski definition) is 3. The molecule has 0 aliphatic heterocycles. The highest BCUT2D eigenvalue weighted by Gasteiger charge is 2.11. The molecule has 0 aliphatic rings. The van der Waals surface area contributed by atoms with Crippen molar-refractivity contribution in [2.45, 2.75) is 32.7 Å². The van der Waals surface area contributed by atoms with E-state index in [1.165, 1.54) is 16.7 Å². The summed E-state index contributed by atoms with van der Waals surface area (Å²) in [6.45, 7) is 7.37. The third-order valence-electron chi connectivity index (χ3n) is 3.68. The summed E-state index contributed by atoms with van der Waals surface area (Å²) in [4.78, 5) is 2.38. The summed E-state index contributed by atoms with van der Waals surface area (Å²) in [5, 5.41) is 3.44. The van der Waals surface area contributed by atoms with Gasteiger partial charge in [-0.1, -0.05) is 29.3 Å². The van der Waals surface area contributed by atoms with Crippen molar-refractivity contribution in [1.29, 1.82) is 0 Å². The van der Waals surface area contributed by atoms with E-state index >= 15 is 0 Å². The van der Waals surface area contributed by atoms with Crippen molar-refractivity contribution in [3.63, 3.8) is 0 Å². The van der Waals surface area contributed by atoms with E-state index in [9.17, 15) is 0 Å². The van der Waals surface area contributed by atoms with Crippen LogP contribution in [0.15, 0.2) is 18.2 Å². The number of hydrogen-bond donors (Lipinski definition) is 1. The van der Waals surface area contributed by atoms with Crippen LogP contribution in [0.4, 0.5) is 0 Å². The minimum Gasteiger partial charge on any atom is -0.385 e. The summed E-state index contributed by atoms with van der Waals surface area (Å²) < 4.78 is 5.10. The summed E-state index contributed by atoms with van der Waals surface area (Å²) in [6.07, 6.45) is 2.23. The summed E-state index contributed by atoms with van der Waals surface area (Å²) in [5.41, 5.74) is 4.08. The Balaban J connectivity index is 2.50. The van der Waals surface area contributed by atoms with Gasteiger partial charge in [0.15, 0.2) is 0 Å². The molecule has 0 fully saturated rings. The van der Waals surface area contributed by atoms with Crippen LogP contribution in [0.25, 0.3) is 0 Å². The Labute approximate surface area is 124 Å². The Morgan fingerprint density at radius 1 is 1.15 bits per heavy atom. The lowest BCUT2D eigenvalue weighted by molar-refractivity contribution is 0.178. The van der Waals surface area contributed by atoms with Crippen LogP contribution >= 0.6 is 0 Å². The van der Waals surface area contributed by atoms with Crippen LogP contribution in [0.3, 0.4) is 0 Å². The smallest absolute Gasteiger partial charge is 0.0474 e. The maximum absolute atomic E-state index is 5.10. The van der Waals surface area contributed by atoms with Crippen molar-refractivity contribution in [3.05, 3.63) is 34.9 Å². The van der Waals surface area contributed by atoms with Crippen molar-refractivity contribution in [2.24, 2.45) is 0 Å².